The first-order valence-electron chi connectivity index (χ1n) is 8.91. The molecule has 0 aromatic carbocycles. The SMILES string of the molecule is C#C[C@@H]1CC[C@H]2[C@@H]3CCC4=C(CCCC4)[C@H]3CC[C@]12C. The molecule has 4 aliphatic rings. The molecule has 5 atom stereocenters. The summed E-state index contributed by atoms with van der Waals surface area (Å²) in [5.41, 5.74) is 4.29. The van der Waals surface area contributed by atoms with E-state index in [1.807, 2.05) is 11.1 Å². The Bertz CT molecular complexity index is 477. The van der Waals surface area contributed by atoms with Crippen LogP contribution in [0.25, 0.3) is 0 Å². The van der Waals surface area contributed by atoms with Gasteiger partial charge in [-0.15, -0.1) is 12.3 Å². The summed E-state index contributed by atoms with van der Waals surface area (Å²) in [5.74, 6) is 6.57. The number of rotatable bonds is 0. The Hall–Kier alpha value is -0.700. The molecule has 0 bridgehead atoms. The van der Waals surface area contributed by atoms with Gasteiger partial charge in [0.25, 0.3) is 0 Å². The summed E-state index contributed by atoms with van der Waals surface area (Å²) in [6.45, 7) is 2.52. The zero-order chi connectivity index (χ0) is 13.7. The lowest BCUT2D eigenvalue weighted by atomic mass is 9.53. The molecule has 108 valence electrons. The lowest BCUT2D eigenvalue weighted by Gasteiger charge is -2.51. The Morgan fingerprint density at radius 3 is 2.75 bits per heavy atom. The molecule has 2 saturated carbocycles. The van der Waals surface area contributed by atoms with Crippen molar-refractivity contribution in [2.24, 2.45) is 29.1 Å². The number of hydrogen-bond acceptors (Lipinski definition) is 0. The Kier molecular flexibility index (Phi) is 3.03. The van der Waals surface area contributed by atoms with Crippen LogP contribution in [0.5, 0.6) is 0 Å². The van der Waals surface area contributed by atoms with E-state index in [4.69, 9.17) is 6.42 Å². The molecular formula is C20H28. The van der Waals surface area contributed by atoms with Gasteiger partial charge in [-0.05, 0) is 87.4 Å². The molecule has 0 amide bonds. The van der Waals surface area contributed by atoms with Crippen molar-refractivity contribution in [3.05, 3.63) is 11.1 Å². The monoisotopic (exact) mass is 268 g/mol. The molecule has 0 heterocycles. The summed E-state index contributed by atoms with van der Waals surface area (Å²) < 4.78 is 0. The van der Waals surface area contributed by atoms with Crippen LogP contribution in [-0.4, -0.2) is 0 Å². The van der Waals surface area contributed by atoms with E-state index in [9.17, 15) is 0 Å². The highest BCUT2D eigenvalue weighted by Crippen LogP contribution is 2.62. The van der Waals surface area contributed by atoms with Gasteiger partial charge in [0.15, 0.2) is 0 Å². The second kappa shape index (κ2) is 4.66. The highest BCUT2D eigenvalue weighted by molar-refractivity contribution is 5.26. The van der Waals surface area contributed by atoms with Crippen molar-refractivity contribution >= 4 is 0 Å². The van der Waals surface area contributed by atoms with Crippen LogP contribution in [-0.2, 0) is 0 Å². The van der Waals surface area contributed by atoms with Crippen LogP contribution < -0.4 is 0 Å². The molecule has 20 heavy (non-hydrogen) atoms. The maximum Gasteiger partial charge on any atom is 0.0256 e. The first-order chi connectivity index (χ1) is 9.74. The number of fused-ring (bicyclic) bond motifs is 4. The normalized spacial score (nSPS) is 47.2. The Morgan fingerprint density at radius 2 is 1.90 bits per heavy atom. The van der Waals surface area contributed by atoms with Gasteiger partial charge in [-0.25, -0.2) is 0 Å². The first-order valence-corrected chi connectivity index (χ1v) is 8.91. The predicted octanol–water partition coefficient (Wildman–Crippen LogP) is 5.34. The van der Waals surface area contributed by atoms with Gasteiger partial charge < -0.3 is 0 Å². The fraction of sp³-hybridized carbons (Fsp3) is 0.800. The van der Waals surface area contributed by atoms with Crippen LogP contribution in [0.2, 0.25) is 0 Å². The highest BCUT2D eigenvalue weighted by Gasteiger charge is 2.54. The van der Waals surface area contributed by atoms with Gasteiger partial charge in [-0.2, -0.15) is 0 Å². The second-order valence-electron chi connectivity index (χ2n) is 8.09. The maximum atomic E-state index is 5.84. The topological polar surface area (TPSA) is 0 Å². The molecule has 0 heteroatoms. The summed E-state index contributed by atoms with van der Waals surface area (Å²) in [6, 6.07) is 0. The van der Waals surface area contributed by atoms with E-state index in [1.54, 1.807) is 0 Å². The van der Waals surface area contributed by atoms with Gasteiger partial charge in [0.05, 0.1) is 0 Å². The predicted molar refractivity (Wildman–Crippen MR) is 84.1 cm³/mol. The smallest absolute Gasteiger partial charge is 0.0256 e. The Balaban J connectivity index is 1.65. The molecule has 0 spiro atoms. The molecular weight excluding hydrogens is 240 g/mol. The third kappa shape index (κ3) is 1.68. The van der Waals surface area contributed by atoms with Crippen molar-refractivity contribution in [1.82, 2.24) is 0 Å². The standard InChI is InChI=1S/C20H28/c1-3-15-9-11-19-18-10-8-14-6-4-5-7-16(14)17(18)12-13-20(15,19)2/h1,15,17-19H,4-13H2,2H3/t15-,17-,18-,19+,20-/m1/s1. The van der Waals surface area contributed by atoms with Gasteiger partial charge in [-0.1, -0.05) is 18.1 Å². The minimum atomic E-state index is 0.475. The average Bonchev–Trinajstić information content (AvgIpc) is 2.83. The van der Waals surface area contributed by atoms with E-state index < -0.39 is 0 Å². The molecule has 4 rings (SSSR count). The zero-order valence-corrected chi connectivity index (χ0v) is 13.0. The Morgan fingerprint density at radius 1 is 1.05 bits per heavy atom. The molecule has 0 aliphatic heterocycles. The van der Waals surface area contributed by atoms with Crippen molar-refractivity contribution in [2.75, 3.05) is 0 Å². The van der Waals surface area contributed by atoms with Gasteiger partial charge in [-0.3, -0.25) is 0 Å². The molecule has 0 nitrogen and oxygen atoms in total. The highest BCUT2D eigenvalue weighted by atomic mass is 14.6. The molecule has 4 aliphatic carbocycles. The zero-order valence-electron chi connectivity index (χ0n) is 13.0. The van der Waals surface area contributed by atoms with Crippen molar-refractivity contribution < 1.29 is 0 Å². The van der Waals surface area contributed by atoms with E-state index >= 15 is 0 Å². The molecule has 0 aromatic rings. The minimum Gasteiger partial charge on any atom is -0.120 e. The molecule has 0 saturated heterocycles. The minimum absolute atomic E-state index is 0.475. The summed E-state index contributed by atoms with van der Waals surface area (Å²) in [5, 5.41) is 0. The van der Waals surface area contributed by atoms with Crippen LogP contribution in [0, 0.1) is 41.4 Å². The second-order valence-corrected chi connectivity index (χ2v) is 8.09. The third-order valence-electron chi connectivity index (χ3n) is 7.49. The maximum absolute atomic E-state index is 5.84. The van der Waals surface area contributed by atoms with E-state index in [2.05, 4.69) is 12.8 Å². The summed E-state index contributed by atoms with van der Waals surface area (Å²) in [6.07, 6.45) is 20.0. The number of terminal acetylenes is 1. The van der Waals surface area contributed by atoms with Gasteiger partial charge in [0.1, 0.15) is 0 Å². The lowest BCUT2D eigenvalue weighted by Crippen LogP contribution is -2.43. The third-order valence-corrected chi connectivity index (χ3v) is 7.49. The average molecular weight is 268 g/mol. The van der Waals surface area contributed by atoms with E-state index in [0.717, 1.165) is 17.8 Å². The van der Waals surface area contributed by atoms with Crippen molar-refractivity contribution in [3.63, 3.8) is 0 Å². The van der Waals surface area contributed by atoms with Crippen LogP contribution in [0.3, 0.4) is 0 Å². The molecule has 0 unspecified atom stereocenters. The van der Waals surface area contributed by atoms with Crippen molar-refractivity contribution in [3.8, 4) is 12.3 Å². The van der Waals surface area contributed by atoms with Crippen molar-refractivity contribution in [1.29, 1.82) is 0 Å². The van der Waals surface area contributed by atoms with Gasteiger partial charge in [0.2, 0.25) is 0 Å². The largest absolute Gasteiger partial charge is 0.120 e. The van der Waals surface area contributed by atoms with Gasteiger partial charge in [0, 0.05) is 5.92 Å². The number of allylic oxidation sites excluding steroid dienone is 2. The summed E-state index contributed by atoms with van der Waals surface area (Å²) >= 11 is 0. The van der Waals surface area contributed by atoms with Crippen molar-refractivity contribution in [2.45, 2.75) is 71.1 Å². The summed E-state index contributed by atoms with van der Waals surface area (Å²) in [7, 11) is 0. The molecule has 2 fully saturated rings. The van der Waals surface area contributed by atoms with Crippen LogP contribution in [0.15, 0.2) is 11.1 Å². The van der Waals surface area contributed by atoms with E-state index in [0.29, 0.717) is 11.3 Å². The van der Waals surface area contributed by atoms with Crippen LogP contribution >= 0.6 is 0 Å². The lowest BCUT2D eigenvalue weighted by molar-refractivity contribution is 0.0263. The van der Waals surface area contributed by atoms with E-state index in [1.165, 1.54) is 64.2 Å². The van der Waals surface area contributed by atoms with Crippen LogP contribution in [0.4, 0.5) is 0 Å². The molecule has 0 radical (unpaired) electrons. The molecule has 0 N–H and O–H groups in total. The number of hydrogen-bond donors (Lipinski definition) is 0. The molecule has 0 aromatic heterocycles. The fourth-order valence-corrected chi connectivity index (χ4v) is 6.46. The fourth-order valence-electron chi connectivity index (χ4n) is 6.46. The first kappa shape index (κ1) is 13.0. The quantitative estimate of drug-likeness (QED) is 0.411. The van der Waals surface area contributed by atoms with E-state index in [-0.39, 0.29) is 0 Å². The van der Waals surface area contributed by atoms with Gasteiger partial charge >= 0.3 is 0 Å². The Labute approximate surface area is 124 Å². The summed E-state index contributed by atoms with van der Waals surface area (Å²) in [4.78, 5) is 0. The van der Waals surface area contributed by atoms with Crippen LogP contribution in [0.1, 0.15) is 71.1 Å².